The number of thiazole rings is 1. The molecule has 0 atom stereocenters. The molecule has 0 saturated carbocycles. The van der Waals surface area contributed by atoms with Crippen molar-refractivity contribution in [3.63, 3.8) is 0 Å². The van der Waals surface area contributed by atoms with Crippen LogP contribution < -0.4 is 5.32 Å². The van der Waals surface area contributed by atoms with E-state index < -0.39 is 0 Å². The number of aromatic nitrogens is 1. The van der Waals surface area contributed by atoms with Gasteiger partial charge in [0.25, 0.3) is 5.91 Å². The molecule has 0 unspecified atom stereocenters. The second kappa shape index (κ2) is 8.90. The number of rotatable bonds is 6. The Labute approximate surface area is 174 Å². The highest BCUT2D eigenvalue weighted by atomic mass is 32.2. The lowest BCUT2D eigenvalue weighted by Gasteiger charge is -2.27. The molecule has 0 radical (unpaired) electrons. The summed E-state index contributed by atoms with van der Waals surface area (Å²) in [5.74, 6) is 0.842. The fourth-order valence-electron chi connectivity index (χ4n) is 3.46. The Balaban J connectivity index is 1.39. The lowest BCUT2D eigenvalue weighted by atomic mass is 10.00. The molecule has 1 aliphatic heterocycles. The number of nitrogens with zero attached hydrogens (tertiary/aromatic N) is 2. The van der Waals surface area contributed by atoms with Gasteiger partial charge < -0.3 is 0 Å². The maximum absolute atomic E-state index is 12.7. The summed E-state index contributed by atoms with van der Waals surface area (Å²) in [6, 6.07) is 16.4. The quantitative estimate of drug-likeness (QED) is 0.578. The van der Waals surface area contributed by atoms with Gasteiger partial charge in [-0.15, -0.1) is 23.1 Å². The number of carbonyl (C=O) groups is 1. The molecule has 2 heterocycles. The average molecular weight is 410 g/mol. The molecule has 3 aromatic rings. The van der Waals surface area contributed by atoms with Crippen LogP contribution in [-0.2, 0) is 19.5 Å². The number of amides is 1. The van der Waals surface area contributed by atoms with Gasteiger partial charge >= 0.3 is 0 Å². The smallest absolute Gasteiger partial charge is 0.258 e. The minimum atomic E-state index is -0.0932. The Morgan fingerprint density at radius 1 is 1.18 bits per heavy atom. The molecule has 0 aliphatic carbocycles. The van der Waals surface area contributed by atoms with Crippen LogP contribution in [0.3, 0.4) is 0 Å². The first-order chi connectivity index (χ1) is 13.7. The van der Waals surface area contributed by atoms with Crippen LogP contribution >= 0.6 is 23.1 Å². The van der Waals surface area contributed by atoms with Crippen molar-refractivity contribution < 1.29 is 4.79 Å². The van der Waals surface area contributed by atoms with E-state index in [2.05, 4.69) is 46.4 Å². The maximum atomic E-state index is 12.7. The molecule has 2 aromatic carbocycles. The van der Waals surface area contributed by atoms with E-state index in [1.54, 1.807) is 11.8 Å². The predicted molar refractivity (Wildman–Crippen MR) is 117 cm³/mol. The molecule has 1 aromatic heterocycles. The van der Waals surface area contributed by atoms with Crippen LogP contribution in [0.5, 0.6) is 0 Å². The molecule has 4 rings (SSSR count). The SMILES string of the molecule is CCSc1ccccc1C(=O)Nc1nc(CN2CCc3ccccc3C2)cs1. The first-order valence-corrected chi connectivity index (χ1v) is 11.4. The van der Waals surface area contributed by atoms with Gasteiger partial charge in [-0.2, -0.15) is 0 Å². The number of fused-ring (bicyclic) bond motifs is 1. The van der Waals surface area contributed by atoms with Gasteiger partial charge in [0.2, 0.25) is 0 Å². The maximum Gasteiger partial charge on any atom is 0.258 e. The van der Waals surface area contributed by atoms with Crippen molar-refractivity contribution in [2.45, 2.75) is 31.3 Å². The van der Waals surface area contributed by atoms with Crippen LogP contribution in [0.4, 0.5) is 5.13 Å². The monoisotopic (exact) mass is 409 g/mol. The molecule has 0 bridgehead atoms. The Kier molecular flexibility index (Phi) is 6.10. The third-order valence-corrected chi connectivity index (χ3v) is 6.56. The van der Waals surface area contributed by atoms with E-state index in [0.29, 0.717) is 10.7 Å². The zero-order valence-electron chi connectivity index (χ0n) is 15.9. The Hall–Kier alpha value is -2.15. The van der Waals surface area contributed by atoms with Gasteiger partial charge in [-0.05, 0) is 35.4 Å². The summed E-state index contributed by atoms with van der Waals surface area (Å²) in [7, 11) is 0. The van der Waals surface area contributed by atoms with E-state index in [1.807, 2.05) is 29.6 Å². The lowest BCUT2D eigenvalue weighted by Crippen LogP contribution is -2.30. The van der Waals surface area contributed by atoms with Gasteiger partial charge in [-0.3, -0.25) is 15.0 Å². The average Bonchev–Trinajstić information content (AvgIpc) is 3.15. The molecule has 144 valence electrons. The van der Waals surface area contributed by atoms with Crippen molar-refractivity contribution in [2.24, 2.45) is 0 Å². The molecule has 1 N–H and O–H groups in total. The predicted octanol–water partition coefficient (Wildman–Crippen LogP) is 5.07. The number of anilines is 1. The molecule has 4 nitrogen and oxygen atoms in total. The summed E-state index contributed by atoms with van der Waals surface area (Å²) >= 11 is 3.17. The molecule has 28 heavy (non-hydrogen) atoms. The number of thioether (sulfide) groups is 1. The molecule has 1 amide bonds. The van der Waals surface area contributed by atoms with Crippen molar-refractivity contribution in [1.29, 1.82) is 0 Å². The highest BCUT2D eigenvalue weighted by molar-refractivity contribution is 7.99. The van der Waals surface area contributed by atoms with E-state index in [4.69, 9.17) is 0 Å². The molecule has 0 saturated heterocycles. The second-order valence-corrected chi connectivity index (χ2v) is 8.92. The lowest BCUT2D eigenvalue weighted by molar-refractivity contribution is 0.102. The van der Waals surface area contributed by atoms with Crippen molar-refractivity contribution in [3.05, 3.63) is 76.3 Å². The molecule has 0 fully saturated rings. The minimum Gasteiger partial charge on any atom is -0.298 e. The van der Waals surface area contributed by atoms with Gasteiger partial charge in [0, 0.05) is 29.9 Å². The number of benzene rings is 2. The molecule has 6 heteroatoms. The standard InChI is InChI=1S/C22H23N3OS2/c1-2-27-20-10-6-5-9-19(20)21(26)24-22-23-18(15-28-22)14-25-12-11-16-7-3-4-8-17(16)13-25/h3-10,15H,2,11-14H2,1H3,(H,23,24,26). The topological polar surface area (TPSA) is 45.2 Å². The van der Waals surface area contributed by atoms with Crippen molar-refractivity contribution in [3.8, 4) is 0 Å². The van der Waals surface area contributed by atoms with Crippen LogP contribution in [0.1, 0.15) is 34.1 Å². The zero-order valence-corrected chi connectivity index (χ0v) is 17.5. The molecular formula is C22H23N3OS2. The summed E-state index contributed by atoms with van der Waals surface area (Å²) in [5, 5.41) is 5.67. The summed E-state index contributed by atoms with van der Waals surface area (Å²) in [4.78, 5) is 20.7. The third-order valence-electron chi connectivity index (χ3n) is 4.80. The number of carbonyl (C=O) groups excluding carboxylic acids is 1. The van der Waals surface area contributed by atoms with Crippen molar-refractivity contribution in [1.82, 2.24) is 9.88 Å². The van der Waals surface area contributed by atoms with Crippen LogP contribution in [0.15, 0.2) is 58.8 Å². The van der Waals surface area contributed by atoms with E-state index in [1.165, 1.54) is 22.5 Å². The van der Waals surface area contributed by atoms with Crippen LogP contribution in [0.25, 0.3) is 0 Å². The summed E-state index contributed by atoms with van der Waals surface area (Å²) in [6.45, 7) is 4.89. The van der Waals surface area contributed by atoms with Crippen molar-refractivity contribution >= 4 is 34.1 Å². The van der Waals surface area contributed by atoms with Crippen molar-refractivity contribution in [2.75, 3.05) is 17.6 Å². The normalized spacial score (nSPS) is 13.9. The number of hydrogen-bond donors (Lipinski definition) is 1. The fourth-order valence-corrected chi connectivity index (χ4v) is 4.95. The van der Waals surface area contributed by atoms with Crippen LogP contribution in [0.2, 0.25) is 0 Å². The fraction of sp³-hybridized carbons (Fsp3) is 0.273. The van der Waals surface area contributed by atoms with Gasteiger partial charge in [0.05, 0.1) is 11.3 Å². The number of hydrogen-bond acceptors (Lipinski definition) is 5. The molecule has 0 spiro atoms. The largest absolute Gasteiger partial charge is 0.298 e. The van der Waals surface area contributed by atoms with E-state index >= 15 is 0 Å². The summed E-state index contributed by atoms with van der Waals surface area (Å²) in [6.07, 6.45) is 1.08. The van der Waals surface area contributed by atoms with Crippen LogP contribution in [0, 0.1) is 0 Å². The Morgan fingerprint density at radius 3 is 2.82 bits per heavy atom. The van der Waals surface area contributed by atoms with Gasteiger partial charge in [-0.25, -0.2) is 4.98 Å². The Bertz CT molecular complexity index is 970. The second-order valence-electron chi connectivity index (χ2n) is 6.76. The summed E-state index contributed by atoms with van der Waals surface area (Å²) < 4.78 is 0. The van der Waals surface area contributed by atoms with E-state index in [9.17, 15) is 4.79 Å². The van der Waals surface area contributed by atoms with E-state index in [-0.39, 0.29) is 5.91 Å². The van der Waals surface area contributed by atoms with Crippen LogP contribution in [-0.4, -0.2) is 28.1 Å². The van der Waals surface area contributed by atoms with Gasteiger partial charge in [0.15, 0.2) is 5.13 Å². The molecular weight excluding hydrogens is 386 g/mol. The summed E-state index contributed by atoms with van der Waals surface area (Å²) in [5.41, 5.74) is 4.57. The zero-order chi connectivity index (χ0) is 19.3. The highest BCUT2D eigenvalue weighted by Crippen LogP contribution is 2.25. The third kappa shape index (κ3) is 4.46. The van der Waals surface area contributed by atoms with E-state index in [0.717, 1.165) is 42.4 Å². The van der Waals surface area contributed by atoms with Gasteiger partial charge in [0.1, 0.15) is 0 Å². The number of nitrogens with one attached hydrogen (secondary N) is 1. The Morgan fingerprint density at radius 2 is 1.96 bits per heavy atom. The first kappa shape index (κ1) is 19.2. The first-order valence-electron chi connectivity index (χ1n) is 9.49. The highest BCUT2D eigenvalue weighted by Gasteiger charge is 2.18. The minimum absolute atomic E-state index is 0.0932. The van der Waals surface area contributed by atoms with Gasteiger partial charge in [-0.1, -0.05) is 43.3 Å². The molecule has 1 aliphatic rings.